The van der Waals surface area contributed by atoms with Gasteiger partial charge in [0.15, 0.2) is 0 Å². The number of hydrogen-bond donors (Lipinski definition) is 1. The zero-order valence-electron chi connectivity index (χ0n) is 10.1. The van der Waals surface area contributed by atoms with Gasteiger partial charge in [0.25, 0.3) is 0 Å². The van der Waals surface area contributed by atoms with E-state index in [0.717, 1.165) is 30.8 Å². The van der Waals surface area contributed by atoms with Crippen molar-refractivity contribution >= 4 is 0 Å². The molecule has 1 N–H and O–H groups in total. The number of aryl methyl sites for hydroxylation is 1. The van der Waals surface area contributed by atoms with E-state index >= 15 is 0 Å². The molecule has 2 aromatic heterocycles. The first-order valence-corrected chi connectivity index (χ1v) is 6.07. The third-order valence-corrected chi connectivity index (χ3v) is 2.75. The smallest absolute Gasteiger partial charge is 0.120 e. The summed E-state index contributed by atoms with van der Waals surface area (Å²) < 4.78 is 5.45. The molecule has 0 aliphatic rings. The average Bonchev–Trinajstić information content (AvgIpc) is 2.89. The number of nitrogens with zero attached hydrogens (tertiary/aromatic N) is 1. The SMILES string of the molecule is CCNC(CCc1ccccn1)c1ccco1. The number of nitrogens with one attached hydrogen (secondary N) is 1. The summed E-state index contributed by atoms with van der Waals surface area (Å²) in [6, 6.07) is 10.3. The van der Waals surface area contributed by atoms with E-state index in [1.165, 1.54) is 0 Å². The molecule has 17 heavy (non-hydrogen) atoms. The Bertz CT molecular complexity index is 411. The van der Waals surface area contributed by atoms with Gasteiger partial charge in [0.1, 0.15) is 5.76 Å². The summed E-state index contributed by atoms with van der Waals surface area (Å²) in [7, 11) is 0. The van der Waals surface area contributed by atoms with Gasteiger partial charge in [-0.05, 0) is 43.7 Å². The first kappa shape index (κ1) is 11.9. The van der Waals surface area contributed by atoms with Crippen LogP contribution in [0.25, 0.3) is 0 Å². The third-order valence-electron chi connectivity index (χ3n) is 2.75. The maximum Gasteiger partial charge on any atom is 0.120 e. The number of rotatable bonds is 6. The summed E-state index contributed by atoms with van der Waals surface area (Å²) in [5.41, 5.74) is 1.13. The Balaban J connectivity index is 1.95. The van der Waals surface area contributed by atoms with Crippen molar-refractivity contribution in [2.75, 3.05) is 6.54 Å². The Morgan fingerprint density at radius 1 is 1.29 bits per heavy atom. The first-order valence-electron chi connectivity index (χ1n) is 6.07. The van der Waals surface area contributed by atoms with Crippen LogP contribution in [0.3, 0.4) is 0 Å². The molecule has 0 saturated carbocycles. The van der Waals surface area contributed by atoms with E-state index in [1.807, 2.05) is 30.5 Å². The maximum absolute atomic E-state index is 5.45. The monoisotopic (exact) mass is 230 g/mol. The molecule has 0 bridgehead atoms. The average molecular weight is 230 g/mol. The number of aromatic nitrogens is 1. The van der Waals surface area contributed by atoms with E-state index in [2.05, 4.69) is 23.3 Å². The quantitative estimate of drug-likeness (QED) is 0.829. The van der Waals surface area contributed by atoms with E-state index in [1.54, 1.807) is 6.26 Å². The van der Waals surface area contributed by atoms with Gasteiger partial charge in [-0.25, -0.2) is 0 Å². The van der Waals surface area contributed by atoms with Crippen molar-refractivity contribution in [3.05, 3.63) is 54.2 Å². The van der Waals surface area contributed by atoms with E-state index in [0.29, 0.717) is 0 Å². The van der Waals surface area contributed by atoms with Gasteiger partial charge < -0.3 is 9.73 Å². The minimum Gasteiger partial charge on any atom is -0.468 e. The molecular weight excluding hydrogens is 212 g/mol. The predicted molar refractivity (Wildman–Crippen MR) is 67.7 cm³/mol. The summed E-state index contributed by atoms with van der Waals surface area (Å²) in [4.78, 5) is 4.33. The fourth-order valence-electron chi connectivity index (χ4n) is 1.92. The lowest BCUT2D eigenvalue weighted by atomic mass is 10.1. The largest absolute Gasteiger partial charge is 0.468 e. The second-order valence-electron chi connectivity index (χ2n) is 3.99. The predicted octanol–water partition coefficient (Wildman–Crippen LogP) is 2.96. The van der Waals surface area contributed by atoms with Crippen LogP contribution >= 0.6 is 0 Å². The fourth-order valence-corrected chi connectivity index (χ4v) is 1.92. The standard InChI is InChI=1S/C14H18N2O/c1-2-15-13(14-7-5-11-17-14)9-8-12-6-3-4-10-16-12/h3-7,10-11,13,15H,2,8-9H2,1H3. The normalized spacial score (nSPS) is 12.5. The molecule has 0 amide bonds. The van der Waals surface area contributed by atoms with Gasteiger partial charge in [0.2, 0.25) is 0 Å². The maximum atomic E-state index is 5.45. The van der Waals surface area contributed by atoms with Crippen molar-refractivity contribution in [1.82, 2.24) is 10.3 Å². The molecule has 3 heteroatoms. The lowest BCUT2D eigenvalue weighted by Gasteiger charge is -2.14. The molecule has 0 saturated heterocycles. The van der Waals surface area contributed by atoms with Crippen LogP contribution in [0, 0.1) is 0 Å². The van der Waals surface area contributed by atoms with Crippen molar-refractivity contribution in [3.8, 4) is 0 Å². The molecule has 0 aliphatic carbocycles. The minimum absolute atomic E-state index is 0.275. The van der Waals surface area contributed by atoms with Crippen LogP contribution in [0.1, 0.15) is 30.8 Å². The van der Waals surface area contributed by atoms with Gasteiger partial charge in [0, 0.05) is 11.9 Å². The molecule has 90 valence electrons. The Labute approximate surface area is 102 Å². The molecule has 0 aromatic carbocycles. The van der Waals surface area contributed by atoms with E-state index < -0.39 is 0 Å². The van der Waals surface area contributed by atoms with Gasteiger partial charge in [-0.1, -0.05) is 13.0 Å². The van der Waals surface area contributed by atoms with Crippen LogP contribution in [0.4, 0.5) is 0 Å². The Morgan fingerprint density at radius 2 is 2.24 bits per heavy atom. The van der Waals surface area contributed by atoms with Crippen molar-refractivity contribution in [2.24, 2.45) is 0 Å². The molecule has 2 rings (SSSR count). The molecule has 1 atom stereocenters. The lowest BCUT2D eigenvalue weighted by molar-refractivity contribution is 0.401. The molecule has 0 spiro atoms. The van der Waals surface area contributed by atoms with Crippen LogP contribution in [0.2, 0.25) is 0 Å². The Hall–Kier alpha value is -1.61. The fraction of sp³-hybridized carbons (Fsp3) is 0.357. The summed E-state index contributed by atoms with van der Waals surface area (Å²) >= 11 is 0. The van der Waals surface area contributed by atoms with Crippen molar-refractivity contribution in [3.63, 3.8) is 0 Å². The molecule has 0 fully saturated rings. The molecule has 3 nitrogen and oxygen atoms in total. The van der Waals surface area contributed by atoms with Crippen LogP contribution < -0.4 is 5.32 Å². The van der Waals surface area contributed by atoms with Crippen LogP contribution in [-0.4, -0.2) is 11.5 Å². The van der Waals surface area contributed by atoms with Gasteiger partial charge in [-0.2, -0.15) is 0 Å². The second-order valence-corrected chi connectivity index (χ2v) is 3.99. The number of hydrogen-bond acceptors (Lipinski definition) is 3. The Morgan fingerprint density at radius 3 is 2.88 bits per heavy atom. The van der Waals surface area contributed by atoms with Crippen molar-refractivity contribution in [2.45, 2.75) is 25.8 Å². The van der Waals surface area contributed by atoms with E-state index in [-0.39, 0.29) is 6.04 Å². The van der Waals surface area contributed by atoms with Gasteiger partial charge in [-0.15, -0.1) is 0 Å². The molecule has 0 radical (unpaired) electrons. The highest BCUT2D eigenvalue weighted by atomic mass is 16.3. The highest BCUT2D eigenvalue weighted by molar-refractivity contribution is 5.07. The zero-order valence-corrected chi connectivity index (χ0v) is 10.1. The summed E-state index contributed by atoms with van der Waals surface area (Å²) in [6.07, 6.45) is 5.52. The second kappa shape index (κ2) is 6.21. The van der Waals surface area contributed by atoms with Gasteiger partial charge in [-0.3, -0.25) is 4.98 Å². The van der Waals surface area contributed by atoms with Gasteiger partial charge in [0.05, 0.1) is 12.3 Å². The van der Waals surface area contributed by atoms with E-state index in [9.17, 15) is 0 Å². The van der Waals surface area contributed by atoms with Crippen LogP contribution in [-0.2, 0) is 6.42 Å². The molecule has 1 unspecified atom stereocenters. The summed E-state index contributed by atoms with van der Waals surface area (Å²) in [5, 5.41) is 3.43. The van der Waals surface area contributed by atoms with Crippen LogP contribution in [0.15, 0.2) is 47.2 Å². The molecule has 0 aliphatic heterocycles. The van der Waals surface area contributed by atoms with Crippen LogP contribution in [0.5, 0.6) is 0 Å². The van der Waals surface area contributed by atoms with Gasteiger partial charge >= 0.3 is 0 Å². The molecular formula is C14H18N2O. The number of pyridine rings is 1. The highest BCUT2D eigenvalue weighted by Crippen LogP contribution is 2.18. The van der Waals surface area contributed by atoms with E-state index in [4.69, 9.17) is 4.42 Å². The minimum atomic E-state index is 0.275. The van der Waals surface area contributed by atoms with Crippen molar-refractivity contribution in [1.29, 1.82) is 0 Å². The van der Waals surface area contributed by atoms with Crippen molar-refractivity contribution < 1.29 is 4.42 Å². The first-order chi connectivity index (χ1) is 8.40. The zero-order chi connectivity index (χ0) is 11.9. The summed E-state index contributed by atoms with van der Waals surface area (Å²) in [6.45, 7) is 3.05. The molecule has 2 heterocycles. The summed E-state index contributed by atoms with van der Waals surface area (Å²) in [5.74, 6) is 1.00. The highest BCUT2D eigenvalue weighted by Gasteiger charge is 2.12. The Kier molecular flexibility index (Phi) is 4.33. The lowest BCUT2D eigenvalue weighted by Crippen LogP contribution is -2.21. The topological polar surface area (TPSA) is 38.1 Å². The molecule has 2 aromatic rings. The number of furan rings is 1. The third kappa shape index (κ3) is 3.43.